The van der Waals surface area contributed by atoms with Gasteiger partial charge in [0, 0.05) is 30.6 Å². The number of ether oxygens (including phenoxy) is 1. The lowest BCUT2D eigenvalue weighted by Crippen LogP contribution is -2.23. The van der Waals surface area contributed by atoms with Gasteiger partial charge in [-0.25, -0.2) is 4.98 Å². The van der Waals surface area contributed by atoms with Crippen molar-refractivity contribution in [2.24, 2.45) is 5.92 Å². The summed E-state index contributed by atoms with van der Waals surface area (Å²) in [6.07, 6.45) is 3.41. The number of aromatic nitrogens is 2. The first kappa shape index (κ1) is 16.3. The van der Waals surface area contributed by atoms with Crippen LogP contribution in [0, 0.1) is 16.0 Å². The van der Waals surface area contributed by atoms with E-state index in [0.29, 0.717) is 12.8 Å². The quantitative estimate of drug-likeness (QED) is 0.460. The number of hydrogen-bond acceptors (Lipinski definition) is 6. The predicted molar refractivity (Wildman–Crippen MR) is 81.9 cm³/mol. The molecule has 0 radical (unpaired) electrons. The minimum Gasteiger partial charge on any atom is -0.427 e. The molecule has 2 rings (SSSR count). The molecule has 0 fully saturated rings. The van der Waals surface area contributed by atoms with Gasteiger partial charge in [-0.05, 0) is 18.1 Å². The van der Waals surface area contributed by atoms with Gasteiger partial charge in [0.25, 0.3) is 5.88 Å². The largest absolute Gasteiger partial charge is 0.427 e. The molecule has 23 heavy (non-hydrogen) atoms. The summed E-state index contributed by atoms with van der Waals surface area (Å²) in [6.45, 7) is 4.39. The van der Waals surface area contributed by atoms with Crippen LogP contribution in [0.4, 0.5) is 5.69 Å². The van der Waals surface area contributed by atoms with Crippen molar-refractivity contribution in [1.29, 1.82) is 0 Å². The second kappa shape index (κ2) is 6.82. The van der Waals surface area contributed by atoms with E-state index in [1.807, 2.05) is 13.8 Å². The fourth-order valence-electron chi connectivity index (χ4n) is 1.98. The third-order valence-electron chi connectivity index (χ3n) is 2.97. The molecular formula is C15H15N3O5. The molecule has 1 aromatic carbocycles. The maximum atomic E-state index is 12.3. The molecule has 0 aliphatic carbocycles. The molecule has 0 aliphatic heterocycles. The Labute approximate surface area is 131 Å². The number of aldehydes is 1. The van der Waals surface area contributed by atoms with Gasteiger partial charge in [0.1, 0.15) is 6.29 Å². The maximum absolute atomic E-state index is 12.3. The zero-order valence-corrected chi connectivity index (χ0v) is 12.6. The molecule has 1 aromatic heterocycles. The fraction of sp³-hybridized carbons (Fsp3) is 0.267. The van der Waals surface area contributed by atoms with E-state index in [1.165, 1.54) is 29.1 Å². The molecule has 8 heteroatoms. The molecule has 0 atom stereocenters. The van der Waals surface area contributed by atoms with E-state index in [-0.39, 0.29) is 23.1 Å². The lowest BCUT2D eigenvalue weighted by Gasteiger charge is -2.10. The molecule has 0 saturated carbocycles. The highest BCUT2D eigenvalue weighted by atomic mass is 16.6. The highest BCUT2D eigenvalue weighted by molar-refractivity contribution is 5.77. The van der Waals surface area contributed by atoms with Crippen LogP contribution in [0.2, 0.25) is 0 Å². The van der Waals surface area contributed by atoms with Crippen molar-refractivity contribution in [1.82, 2.24) is 9.55 Å². The van der Waals surface area contributed by atoms with E-state index in [9.17, 15) is 19.7 Å². The highest BCUT2D eigenvalue weighted by Crippen LogP contribution is 2.30. The third kappa shape index (κ3) is 3.79. The van der Waals surface area contributed by atoms with Gasteiger partial charge in [-0.3, -0.25) is 19.7 Å². The van der Waals surface area contributed by atoms with Crippen LogP contribution in [0.3, 0.4) is 0 Å². The number of rotatable bonds is 6. The number of carbonyl (C=O) groups excluding carboxylic acids is 1. The first-order chi connectivity index (χ1) is 10.9. The van der Waals surface area contributed by atoms with Crippen LogP contribution in [0.15, 0.2) is 35.4 Å². The topological polar surface area (TPSA) is 104 Å². The molecule has 0 spiro atoms. The average Bonchev–Trinajstić information content (AvgIpc) is 2.51. The Balaban J connectivity index is 2.42. The number of nitro groups is 1. The smallest absolute Gasteiger partial charge is 0.313 e. The zero-order chi connectivity index (χ0) is 17.0. The number of carbonyl (C=O) groups is 1. The van der Waals surface area contributed by atoms with Crippen LogP contribution >= 0.6 is 0 Å². The van der Waals surface area contributed by atoms with Gasteiger partial charge >= 0.3 is 11.2 Å². The van der Waals surface area contributed by atoms with Gasteiger partial charge in [0.15, 0.2) is 0 Å². The van der Waals surface area contributed by atoms with Crippen molar-refractivity contribution in [3.63, 3.8) is 0 Å². The van der Waals surface area contributed by atoms with E-state index in [0.717, 1.165) is 6.07 Å². The van der Waals surface area contributed by atoms with Gasteiger partial charge in [-0.15, -0.1) is 0 Å². The van der Waals surface area contributed by atoms with Crippen LogP contribution in [0.25, 0.3) is 0 Å². The summed E-state index contributed by atoms with van der Waals surface area (Å²) in [5.41, 5.74) is -0.743. The zero-order valence-electron chi connectivity index (χ0n) is 12.6. The minimum absolute atomic E-state index is 0.141. The van der Waals surface area contributed by atoms with Crippen molar-refractivity contribution in [3.8, 4) is 11.6 Å². The van der Waals surface area contributed by atoms with E-state index in [2.05, 4.69) is 4.98 Å². The molecule has 0 aliphatic rings. The molecule has 0 unspecified atom stereocenters. The van der Waals surface area contributed by atoms with Crippen molar-refractivity contribution >= 4 is 12.0 Å². The van der Waals surface area contributed by atoms with Crippen LogP contribution in [0.1, 0.15) is 24.2 Å². The second-order valence-electron chi connectivity index (χ2n) is 5.29. The Hall–Kier alpha value is -3.03. The Bertz CT molecular complexity index is 798. The SMILES string of the molecule is CC(C)Cn1ccnc(Oc2ccc(C=O)cc2[N+](=O)[O-])c1=O. The number of hydrogen-bond donors (Lipinski definition) is 0. The van der Waals surface area contributed by atoms with E-state index < -0.39 is 16.2 Å². The van der Waals surface area contributed by atoms with Gasteiger partial charge in [0.05, 0.1) is 4.92 Å². The summed E-state index contributed by atoms with van der Waals surface area (Å²) in [4.78, 5) is 37.2. The lowest BCUT2D eigenvalue weighted by molar-refractivity contribution is -0.385. The van der Waals surface area contributed by atoms with Crippen LogP contribution in [-0.4, -0.2) is 20.8 Å². The fourth-order valence-corrected chi connectivity index (χ4v) is 1.98. The lowest BCUT2D eigenvalue weighted by atomic mass is 10.2. The summed E-state index contributed by atoms with van der Waals surface area (Å²) in [5.74, 6) is -0.160. The molecule has 2 aromatic rings. The molecule has 120 valence electrons. The van der Waals surface area contributed by atoms with Gasteiger partial charge in [0.2, 0.25) is 5.75 Å². The Morgan fingerprint density at radius 3 is 2.78 bits per heavy atom. The molecule has 8 nitrogen and oxygen atoms in total. The van der Waals surface area contributed by atoms with E-state index >= 15 is 0 Å². The summed E-state index contributed by atoms with van der Waals surface area (Å²) >= 11 is 0. The second-order valence-corrected chi connectivity index (χ2v) is 5.29. The number of benzene rings is 1. The molecule has 0 bridgehead atoms. The van der Waals surface area contributed by atoms with Gasteiger partial charge < -0.3 is 9.30 Å². The Morgan fingerprint density at radius 2 is 2.17 bits per heavy atom. The summed E-state index contributed by atoms with van der Waals surface area (Å²) < 4.78 is 6.75. The summed E-state index contributed by atoms with van der Waals surface area (Å²) in [7, 11) is 0. The predicted octanol–water partition coefficient (Wildman–Crippen LogP) is 2.41. The summed E-state index contributed by atoms with van der Waals surface area (Å²) in [6, 6.07) is 3.71. The standard InChI is InChI=1S/C15H15N3O5/c1-10(2)8-17-6-5-16-14(15(17)20)23-13-4-3-11(9-19)7-12(13)18(21)22/h3-7,9-10H,8H2,1-2H3. The molecule has 0 saturated heterocycles. The normalized spacial score (nSPS) is 10.6. The van der Waals surface area contributed by atoms with Gasteiger partial charge in [-0.1, -0.05) is 13.8 Å². The Morgan fingerprint density at radius 1 is 1.43 bits per heavy atom. The van der Waals surface area contributed by atoms with Crippen LogP contribution in [0.5, 0.6) is 11.6 Å². The third-order valence-corrected chi connectivity index (χ3v) is 2.97. The first-order valence-corrected chi connectivity index (χ1v) is 6.89. The first-order valence-electron chi connectivity index (χ1n) is 6.89. The molecule has 0 amide bonds. The van der Waals surface area contributed by atoms with Crippen molar-refractivity contribution in [2.75, 3.05) is 0 Å². The van der Waals surface area contributed by atoms with E-state index in [4.69, 9.17) is 4.74 Å². The van der Waals surface area contributed by atoms with Crippen molar-refractivity contribution < 1.29 is 14.5 Å². The number of nitro benzene ring substituents is 1. The van der Waals surface area contributed by atoms with E-state index in [1.54, 1.807) is 0 Å². The van der Waals surface area contributed by atoms with Crippen molar-refractivity contribution in [3.05, 3.63) is 56.6 Å². The highest BCUT2D eigenvalue weighted by Gasteiger charge is 2.19. The molecule has 1 heterocycles. The minimum atomic E-state index is -0.683. The molecule has 0 N–H and O–H groups in total. The average molecular weight is 317 g/mol. The number of nitrogens with zero attached hydrogens (tertiary/aromatic N) is 3. The monoisotopic (exact) mass is 317 g/mol. The maximum Gasteiger partial charge on any atom is 0.313 e. The van der Waals surface area contributed by atoms with Crippen LogP contribution < -0.4 is 10.3 Å². The molecular weight excluding hydrogens is 302 g/mol. The Kier molecular flexibility index (Phi) is 4.85. The van der Waals surface area contributed by atoms with Crippen LogP contribution in [-0.2, 0) is 6.54 Å². The summed E-state index contributed by atoms with van der Waals surface area (Å²) in [5, 5.41) is 11.1. The van der Waals surface area contributed by atoms with Crippen molar-refractivity contribution in [2.45, 2.75) is 20.4 Å². The van der Waals surface area contributed by atoms with Gasteiger partial charge in [-0.2, -0.15) is 0 Å².